The van der Waals surface area contributed by atoms with E-state index in [2.05, 4.69) is 18.8 Å². The van der Waals surface area contributed by atoms with E-state index < -0.39 is 18.2 Å². The van der Waals surface area contributed by atoms with Gasteiger partial charge in [-0.15, -0.1) is 11.3 Å². The van der Waals surface area contributed by atoms with Crippen molar-refractivity contribution >= 4 is 27.5 Å². The number of benzene rings is 2. The van der Waals surface area contributed by atoms with Crippen LogP contribution in [0.15, 0.2) is 24.3 Å². The smallest absolute Gasteiger partial charge is 0.337 e. The summed E-state index contributed by atoms with van der Waals surface area (Å²) < 4.78 is 17.9. The van der Waals surface area contributed by atoms with E-state index in [0.717, 1.165) is 20.8 Å². The predicted molar refractivity (Wildman–Crippen MR) is 133 cm³/mol. The van der Waals surface area contributed by atoms with Gasteiger partial charge in [-0.25, -0.2) is 9.78 Å². The molecule has 0 unspecified atom stereocenters. The van der Waals surface area contributed by atoms with E-state index >= 15 is 0 Å². The van der Waals surface area contributed by atoms with Gasteiger partial charge in [0.15, 0.2) is 0 Å². The van der Waals surface area contributed by atoms with Gasteiger partial charge >= 0.3 is 5.97 Å². The Morgan fingerprint density at radius 3 is 2.29 bits per heavy atom. The van der Waals surface area contributed by atoms with Crippen molar-refractivity contribution in [2.24, 2.45) is 5.92 Å². The number of aliphatic hydroxyl groups is 1. The molecule has 3 aromatic rings. The molecule has 34 heavy (non-hydrogen) atoms. The van der Waals surface area contributed by atoms with Crippen LogP contribution in [0.4, 0.5) is 0 Å². The zero-order valence-corrected chi connectivity index (χ0v) is 21.4. The minimum Gasteiger partial charge on any atom is -0.496 e. The van der Waals surface area contributed by atoms with E-state index in [9.17, 15) is 15.0 Å². The Hall–Kier alpha value is -2.68. The summed E-state index contributed by atoms with van der Waals surface area (Å²) in [4.78, 5) is 16.3. The van der Waals surface area contributed by atoms with Crippen LogP contribution < -0.4 is 9.47 Å². The number of methoxy groups -OCH3 is 2. The van der Waals surface area contributed by atoms with Gasteiger partial charge in [0, 0.05) is 18.6 Å². The predicted octanol–water partition coefficient (Wildman–Crippen LogP) is 5.34. The quantitative estimate of drug-likeness (QED) is 0.377. The maximum atomic E-state index is 11.7. The topological polar surface area (TPSA) is 98.1 Å². The molecule has 8 heteroatoms. The molecule has 0 radical (unpaired) electrons. The highest BCUT2D eigenvalue weighted by molar-refractivity contribution is 7.18. The fraction of sp³-hybridized carbons (Fsp3) is 0.462. The molecule has 1 heterocycles. The number of carbonyl (C=O) groups is 1. The molecular weight excluding hydrogens is 454 g/mol. The number of aromatic carboxylic acids is 1. The Labute approximate surface area is 204 Å². The Morgan fingerprint density at radius 1 is 1.09 bits per heavy atom. The summed E-state index contributed by atoms with van der Waals surface area (Å²) in [6.07, 6.45) is -0.300. The number of hydrogen-bond donors (Lipinski definition) is 2. The maximum Gasteiger partial charge on any atom is 0.337 e. The van der Waals surface area contributed by atoms with E-state index in [1.807, 2.05) is 32.0 Å². The van der Waals surface area contributed by atoms with Gasteiger partial charge in [-0.2, -0.15) is 0 Å². The highest BCUT2D eigenvalue weighted by Crippen LogP contribution is 2.35. The Morgan fingerprint density at radius 2 is 1.74 bits per heavy atom. The lowest BCUT2D eigenvalue weighted by Gasteiger charge is -2.25. The van der Waals surface area contributed by atoms with Crippen LogP contribution in [0.1, 0.15) is 58.4 Å². The van der Waals surface area contributed by atoms with Crippen LogP contribution >= 0.6 is 11.3 Å². The average Bonchev–Trinajstić information content (AvgIpc) is 3.20. The monoisotopic (exact) mass is 487 g/mol. The minimum atomic E-state index is -0.985. The van der Waals surface area contributed by atoms with Gasteiger partial charge in [0.05, 0.1) is 41.1 Å². The molecule has 2 N–H and O–H groups in total. The Kier molecular flexibility index (Phi) is 8.52. The number of thiazole rings is 1. The van der Waals surface area contributed by atoms with E-state index in [1.165, 1.54) is 11.3 Å². The summed E-state index contributed by atoms with van der Waals surface area (Å²) in [6.45, 7) is 8.40. The van der Waals surface area contributed by atoms with Crippen molar-refractivity contribution in [3.05, 3.63) is 51.5 Å². The normalized spacial score (nSPS) is 13.3. The fourth-order valence-electron chi connectivity index (χ4n) is 3.89. The zero-order chi connectivity index (χ0) is 25.0. The summed E-state index contributed by atoms with van der Waals surface area (Å²) in [5.41, 5.74) is 3.12. The number of carboxylic acids is 1. The van der Waals surface area contributed by atoms with Crippen molar-refractivity contribution in [2.75, 3.05) is 20.8 Å². The molecule has 0 bridgehead atoms. The standard InChI is InChI=1S/C26H33NO6S/c1-14(2)13-33-19(25(28)17-11-20(31-5)16(4)21(12-17)32-6)7-8-23-27-24-18(26(29)30)9-15(3)10-22(24)34-23/h9-12,14,19,25,28H,7-8,13H2,1-6H3,(H,29,30)/t19-,25+/m0/s1. The molecule has 1 aromatic heterocycles. The zero-order valence-electron chi connectivity index (χ0n) is 20.5. The number of aromatic nitrogens is 1. The highest BCUT2D eigenvalue weighted by Gasteiger charge is 2.25. The van der Waals surface area contributed by atoms with Gasteiger partial charge in [0.2, 0.25) is 0 Å². The van der Waals surface area contributed by atoms with Crippen LogP contribution in [-0.4, -0.2) is 48.1 Å². The molecule has 0 spiro atoms. The molecular formula is C26H33NO6S. The molecule has 0 aliphatic carbocycles. The first-order valence-electron chi connectivity index (χ1n) is 11.3. The van der Waals surface area contributed by atoms with Gasteiger partial charge in [-0.3, -0.25) is 0 Å². The summed E-state index contributed by atoms with van der Waals surface area (Å²) in [5, 5.41) is 21.6. The molecule has 0 saturated heterocycles. The summed E-state index contributed by atoms with van der Waals surface area (Å²) in [5.74, 6) is 0.597. The number of rotatable bonds is 11. The van der Waals surface area contributed by atoms with Crippen LogP contribution in [0.25, 0.3) is 10.2 Å². The average molecular weight is 488 g/mol. The van der Waals surface area contributed by atoms with Crippen LogP contribution in [0.2, 0.25) is 0 Å². The second-order valence-electron chi connectivity index (χ2n) is 8.87. The largest absolute Gasteiger partial charge is 0.496 e. The summed E-state index contributed by atoms with van der Waals surface area (Å²) in [6, 6.07) is 7.22. The Balaban J connectivity index is 1.87. The van der Waals surface area contributed by atoms with Crippen molar-refractivity contribution in [1.82, 2.24) is 4.98 Å². The second kappa shape index (κ2) is 11.2. The van der Waals surface area contributed by atoms with Crippen molar-refractivity contribution in [2.45, 2.75) is 52.7 Å². The number of fused-ring (bicyclic) bond motifs is 1. The molecule has 7 nitrogen and oxygen atoms in total. The first-order valence-corrected chi connectivity index (χ1v) is 12.1. The third-order valence-electron chi connectivity index (χ3n) is 5.67. The molecule has 0 aliphatic rings. The summed E-state index contributed by atoms with van der Waals surface area (Å²) >= 11 is 1.48. The first-order chi connectivity index (χ1) is 16.1. The SMILES string of the molecule is COc1cc([C@@H](O)[C@H](CCc2nc3c(C(=O)O)cc(C)cc3s2)OCC(C)C)cc(OC)c1C. The van der Waals surface area contributed by atoms with Gasteiger partial charge in [-0.05, 0) is 61.6 Å². The maximum absolute atomic E-state index is 11.7. The van der Waals surface area contributed by atoms with Gasteiger partial charge in [0.1, 0.15) is 17.6 Å². The lowest BCUT2D eigenvalue weighted by Crippen LogP contribution is -2.25. The van der Waals surface area contributed by atoms with Crippen molar-refractivity contribution in [1.29, 1.82) is 0 Å². The fourth-order valence-corrected chi connectivity index (χ4v) is 5.00. The molecule has 0 saturated carbocycles. The Bertz CT molecular complexity index is 1130. The molecule has 184 valence electrons. The first kappa shape index (κ1) is 25.9. The van der Waals surface area contributed by atoms with E-state index in [0.29, 0.717) is 47.9 Å². The molecule has 2 aromatic carbocycles. The third kappa shape index (κ3) is 5.87. The molecule has 0 fully saturated rings. The van der Waals surface area contributed by atoms with Crippen molar-refractivity contribution < 1.29 is 29.2 Å². The number of carboxylic acid groups (broad SMARTS) is 1. The molecule has 2 atom stereocenters. The van der Waals surface area contributed by atoms with Crippen molar-refractivity contribution in [3.63, 3.8) is 0 Å². The molecule has 3 rings (SSSR count). The second-order valence-corrected chi connectivity index (χ2v) is 9.99. The van der Waals surface area contributed by atoms with Gasteiger partial charge in [-0.1, -0.05) is 13.8 Å². The van der Waals surface area contributed by atoms with Crippen molar-refractivity contribution in [3.8, 4) is 11.5 Å². The lowest BCUT2D eigenvalue weighted by atomic mass is 9.98. The number of hydrogen-bond acceptors (Lipinski definition) is 7. The van der Waals surface area contributed by atoms with E-state index in [-0.39, 0.29) is 5.56 Å². The van der Waals surface area contributed by atoms with Crippen LogP contribution in [-0.2, 0) is 11.2 Å². The molecule has 0 amide bonds. The van der Waals surface area contributed by atoms with Crippen LogP contribution in [0.5, 0.6) is 11.5 Å². The number of aliphatic hydroxyl groups excluding tert-OH is 1. The third-order valence-corrected chi connectivity index (χ3v) is 6.73. The minimum absolute atomic E-state index is 0.212. The summed E-state index contributed by atoms with van der Waals surface area (Å²) in [7, 11) is 3.18. The van der Waals surface area contributed by atoms with E-state index in [1.54, 1.807) is 20.3 Å². The lowest BCUT2D eigenvalue weighted by molar-refractivity contribution is -0.0515. The number of ether oxygens (including phenoxy) is 3. The van der Waals surface area contributed by atoms with Crippen LogP contribution in [0, 0.1) is 19.8 Å². The van der Waals surface area contributed by atoms with Crippen LogP contribution in [0.3, 0.4) is 0 Å². The van der Waals surface area contributed by atoms with E-state index in [4.69, 9.17) is 14.2 Å². The van der Waals surface area contributed by atoms with Gasteiger partial charge in [0.25, 0.3) is 0 Å². The molecule has 0 aliphatic heterocycles. The highest BCUT2D eigenvalue weighted by atomic mass is 32.1. The number of aryl methyl sites for hydroxylation is 2. The van der Waals surface area contributed by atoms with Gasteiger partial charge < -0.3 is 24.4 Å². The number of nitrogens with zero attached hydrogens (tertiary/aromatic N) is 1.